The summed E-state index contributed by atoms with van der Waals surface area (Å²) in [4.78, 5) is 12.9. The number of hydrogen-bond acceptors (Lipinski definition) is 4. The Labute approximate surface area is 162 Å². The first-order chi connectivity index (χ1) is 12.8. The number of piperidine rings is 1. The number of nitrogens with one attached hydrogen (secondary N) is 1. The highest BCUT2D eigenvalue weighted by Gasteiger charge is 2.33. The number of nitrogens with two attached hydrogens (primary N) is 1. The molecule has 0 aromatic heterocycles. The smallest absolute Gasteiger partial charge is 0.243 e. The first-order valence-electron chi connectivity index (χ1n) is 9.90. The van der Waals surface area contributed by atoms with Gasteiger partial charge in [0.05, 0.1) is 4.90 Å². The maximum absolute atomic E-state index is 13.0. The fourth-order valence-electron chi connectivity index (χ4n) is 4.17. The Kier molecular flexibility index (Phi) is 6.23. The van der Waals surface area contributed by atoms with Crippen LogP contribution in [-0.2, 0) is 14.8 Å². The van der Waals surface area contributed by atoms with Crippen LogP contribution >= 0.6 is 0 Å². The predicted molar refractivity (Wildman–Crippen MR) is 106 cm³/mol. The molecule has 0 unspecified atom stereocenters. The highest BCUT2D eigenvalue weighted by Crippen LogP contribution is 2.27. The van der Waals surface area contributed by atoms with Gasteiger partial charge in [-0.05, 0) is 64.0 Å². The zero-order valence-electron chi connectivity index (χ0n) is 16.3. The van der Waals surface area contributed by atoms with Crippen LogP contribution < -0.4 is 11.1 Å². The van der Waals surface area contributed by atoms with Crippen molar-refractivity contribution < 1.29 is 13.2 Å². The number of hydrogen-bond donors (Lipinski definition) is 2. The van der Waals surface area contributed by atoms with E-state index in [9.17, 15) is 13.2 Å². The van der Waals surface area contributed by atoms with Crippen LogP contribution in [0.3, 0.4) is 0 Å². The second-order valence-electron chi connectivity index (χ2n) is 8.07. The van der Waals surface area contributed by atoms with E-state index in [1.807, 2.05) is 26.0 Å². The number of amides is 1. The summed E-state index contributed by atoms with van der Waals surface area (Å²) in [7, 11) is -3.50. The fraction of sp³-hybridized carbons (Fsp3) is 0.650. The van der Waals surface area contributed by atoms with E-state index < -0.39 is 10.0 Å². The van der Waals surface area contributed by atoms with Crippen molar-refractivity contribution in [3.8, 4) is 0 Å². The molecule has 1 saturated heterocycles. The summed E-state index contributed by atoms with van der Waals surface area (Å²) in [5.41, 5.74) is 7.73. The molecule has 1 amide bonds. The largest absolute Gasteiger partial charge is 0.353 e. The van der Waals surface area contributed by atoms with Gasteiger partial charge in [0, 0.05) is 31.1 Å². The van der Waals surface area contributed by atoms with Crippen molar-refractivity contribution in [1.82, 2.24) is 9.62 Å². The molecule has 1 aliphatic carbocycles. The molecule has 0 spiro atoms. The summed E-state index contributed by atoms with van der Waals surface area (Å²) in [6.45, 7) is 4.57. The van der Waals surface area contributed by atoms with Crippen LogP contribution in [0.4, 0.5) is 0 Å². The van der Waals surface area contributed by atoms with Gasteiger partial charge in [0.2, 0.25) is 15.9 Å². The van der Waals surface area contributed by atoms with Gasteiger partial charge in [-0.1, -0.05) is 17.7 Å². The maximum atomic E-state index is 13.0. The zero-order chi connectivity index (χ0) is 19.6. The maximum Gasteiger partial charge on any atom is 0.243 e. The highest BCUT2D eigenvalue weighted by atomic mass is 32.2. The Hall–Kier alpha value is -1.44. The monoisotopic (exact) mass is 393 g/mol. The first-order valence-corrected chi connectivity index (χ1v) is 11.3. The lowest BCUT2D eigenvalue weighted by molar-refractivity contribution is -0.127. The molecule has 1 aromatic rings. The molecular weight excluding hydrogens is 362 g/mol. The van der Waals surface area contributed by atoms with Crippen molar-refractivity contribution in [2.75, 3.05) is 13.1 Å². The SMILES string of the molecule is Cc1ccc(S(=O)(=O)N2CCC(C(=O)NC3CCC(N)CC3)CC2)c(C)c1. The number of rotatable bonds is 4. The molecule has 1 heterocycles. The average molecular weight is 394 g/mol. The second-order valence-corrected chi connectivity index (χ2v) is 9.97. The van der Waals surface area contributed by atoms with Crippen LogP contribution in [0.2, 0.25) is 0 Å². The molecule has 1 aliphatic heterocycles. The highest BCUT2D eigenvalue weighted by molar-refractivity contribution is 7.89. The Bertz CT molecular complexity index is 778. The van der Waals surface area contributed by atoms with Crippen LogP contribution in [0.1, 0.15) is 49.7 Å². The number of benzene rings is 1. The summed E-state index contributed by atoms with van der Waals surface area (Å²) in [5.74, 6) is -0.0369. The van der Waals surface area contributed by atoms with Gasteiger partial charge in [-0.25, -0.2) is 8.42 Å². The van der Waals surface area contributed by atoms with Crippen LogP contribution in [0.25, 0.3) is 0 Å². The quantitative estimate of drug-likeness (QED) is 0.819. The third-order valence-corrected chi connectivity index (χ3v) is 7.95. The topological polar surface area (TPSA) is 92.5 Å². The van der Waals surface area contributed by atoms with Crippen molar-refractivity contribution in [2.24, 2.45) is 11.7 Å². The van der Waals surface area contributed by atoms with E-state index in [1.165, 1.54) is 4.31 Å². The van der Waals surface area contributed by atoms with Crippen molar-refractivity contribution >= 4 is 15.9 Å². The minimum atomic E-state index is -3.50. The van der Waals surface area contributed by atoms with Gasteiger partial charge in [0.25, 0.3) is 0 Å². The third kappa shape index (κ3) is 4.70. The van der Waals surface area contributed by atoms with E-state index in [0.717, 1.165) is 36.8 Å². The molecule has 3 rings (SSSR count). The first kappa shape index (κ1) is 20.3. The lowest BCUT2D eigenvalue weighted by atomic mass is 9.90. The molecule has 27 heavy (non-hydrogen) atoms. The zero-order valence-corrected chi connectivity index (χ0v) is 17.1. The Morgan fingerprint density at radius 1 is 1.07 bits per heavy atom. The van der Waals surface area contributed by atoms with Gasteiger partial charge >= 0.3 is 0 Å². The number of aryl methyl sites for hydroxylation is 2. The van der Waals surface area contributed by atoms with Gasteiger partial charge in [0.1, 0.15) is 0 Å². The molecule has 2 aliphatic rings. The Morgan fingerprint density at radius 3 is 2.30 bits per heavy atom. The van der Waals surface area contributed by atoms with Gasteiger partial charge in [0.15, 0.2) is 0 Å². The van der Waals surface area contributed by atoms with Crippen LogP contribution in [0.15, 0.2) is 23.1 Å². The third-order valence-electron chi connectivity index (χ3n) is 5.89. The van der Waals surface area contributed by atoms with E-state index in [1.54, 1.807) is 6.07 Å². The second kappa shape index (κ2) is 8.29. The number of nitrogens with zero attached hydrogens (tertiary/aromatic N) is 1. The molecule has 2 fully saturated rings. The molecule has 7 heteroatoms. The summed E-state index contributed by atoms with van der Waals surface area (Å²) in [5, 5.41) is 3.15. The molecule has 1 aromatic carbocycles. The average Bonchev–Trinajstić information content (AvgIpc) is 2.63. The molecule has 0 bridgehead atoms. The molecule has 1 saturated carbocycles. The minimum absolute atomic E-state index is 0.0686. The summed E-state index contributed by atoms with van der Waals surface area (Å²) >= 11 is 0. The Morgan fingerprint density at radius 2 is 1.70 bits per heavy atom. The minimum Gasteiger partial charge on any atom is -0.353 e. The molecule has 6 nitrogen and oxygen atoms in total. The normalized spacial score (nSPS) is 25.3. The standard InChI is InChI=1S/C20H31N3O3S/c1-14-3-8-19(15(2)13-14)27(25,26)23-11-9-16(10-12-23)20(24)22-18-6-4-17(21)5-7-18/h3,8,13,16-18H,4-7,9-12,21H2,1-2H3,(H,22,24). The summed E-state index contributed by atoms with van der Waals surface area (Å²) in [6.07, 6.45) is 4.93. The fourth-order valence-corrected chi connectivity index (χ4v) is 5.84. The van der Waals surface area contributed by atoms with E-state index in [0.29, 0.717) is 30.8 Å². The van der Waals surface area contributed by atoms with E-state index in [4.69, 9.17) is 5.73 Å². The predicted octanol–water partition coefficient (Wildman–Crippen LogP) is 2.09. The summed E-state index contributed by atoms with van der Waals surface area (Å²) in [6, 6.07) is 5.89. The van der Waals surface area contributed by atoms with Gasteiger partial charge < -0.3 is 11.1 Å². The van der Waals surface area contributed by atoms with E-state index in [-0.39, 0.29) is 23.9 Å². The molecule has 0 atom stereocenters. The van der Waals surface area contributed by atoms with E-state index in [2.05, 4.69) is 5.32 Å². The number of sulfonamides is 1. The lowest BCUT2D eigenvalue weighted by Gasteiger charge is -2.33. The lowest BCUT2D eigenvalue weighted by Crippen LogP contribution is -2.46. The van der Waals surface area contributed by atoms with E-state index >= 15 is 0 Å². The van der Waals surface area contributed by atoms with Gasteiger partial charge in [-0.2, -0.15) is 4.31 Å². The number of carbonyl (C=O) groups is 1. The van der Waals surface area contributed by atoms with Crippen molar-refractivity contribution in [2.45, 2.75) is 69.4 Å². The van der Waals surface area contributed by atoms with Crippen molar-refractivity contribution in [3.05, 3.63) is 29.3 Å². The van der Waals surface area contributed by atoms with Crippen LogP contribution in [0.5, 0.6) is 0 Å². The molecule has 3 N–H and O–H groups in total. The number of carbonyl (C=O) groups excluding carboxylic acids is 1. The van der Waals surface area contributed by atoms with Crippen LogP contribution in [0, 0.1) is 19.8 Å². The molecule has 150 valence electrons. The molecular formula is C20H31N3O3S. The summed E-state index contributed by atoms with van der Waals surface area (Å²) < 4.78 is 27.4. The van der Waals surface area contributed by atoms with Crippen molar-refractivity contribution in [1.29, 1.82) is 0 Å². The Balaban J connectivity index is 1.57. The molecule has 0 radical (unpaired) electrons. The van der Waals surface area contributed by atoms with Gasteiger partial charge in [-0.3, -0.25) is 4.79 Å². The van der Waals surface area contributed by atoms with Crippen LogP contribution in [-0.4, -0.2) is 43.8 Å². The van der Waals surface area contributed by atoms with Crippen molar-refractivity contribution in [3.63, 3.8) is 0 Å². The van der Waals surface area contributed by atoms with Gasteiger partial charge in [-0.15, -0.1) is 0 Å².